The average Bonchev–Trinajstić information content (AvgIpc) is 2.45. The number of ether oxygens (including phenoxy) is 1. The second kappa shape index (κ2) is 11.7. The van der Waals surface area contributed by atoms with Gasteiger partial charge in [-0.3, -0.25) is 4.79 Å². The molecule has 0 heterocycles. The second-order valence-corrected chi connectivity index (χ2v) is 7.01. The van der Waals surface area contributed by atoms with Gasteiger partial charge in [-0.2, -0.15) is 0 Å². The van der Waals surface area contributed by atoms with Gasteiger partial charge in [-0.05, 0) is 66.2 Å². The Hall–Kier alpha value is -1.78. The van der Waals surface area contributed by atoms with Crippen molar-refractivity contribution in [2.75, 3.05) is 0 Å². The first-order valence-electron chi connectivity index (χ1n) is 8.71. The molecule has 0 radical (unpaired) electrons. The number of carbonyl (C=O) groups excluding carboxylic acids is 2. The van der Waals surface area contributed by atoms with Crippen LogP contribution in [0.1, 0.15) is 66.2 Å². The number of hydrogen-bond acceptors (Lipinski definition) is 3. The molecule has 0 rings (SSSR count). The van der Waals surface area contributed by atoms with Crippen LogP contribution in [0.3, 0.4) is 0 Å². The molecule has 0 aliphatic rings. The van der Waals surface area contributed by atoms with Crippen LogP contribution in [-0.2, 0) is 9.53 Å². The van der Waals surface area contributed by atoms with Gasteiger partial charge in [0.1, 0.15) is 11.6 Å². The number of nitrogens with one attached hydrogen (secondary N) is 2. The maximum Gasteiger partial charge on any atom is 0.408 e. The summed E-state index contributed by atoms with van der Waals surface area (Å²) in [5.41, 5.74) is -0.585. The lowest BCUT2D eigenvalue weighted by Crippen LogP contribution is -2.49. The van der Waals surface area contributed by atoms with Crippen molar-refractivity contribution in [2.45, 2.75) is 83.9 Å². The van der Waals surface area contributed by atoms with Gasteiger partial charge in [0.15, 0.2) is 0 Å². The molecule has 5 heteroatoms. The maximum atomic E-state index is 12.3. The van der Waals surface area contributed by atoms with E-state index in [-0.39, 0.29) is 11.9 Å². The highest BCUT2D eigenvalue weighted by atomic mass is 16.6. The zero-order chi connectivity index (χ0) is 18.6. The van der Waals surface area contributed by atoms with Gasteiger partial charge in [0.25, 0.3) is 0 Å². The van der Waals surface area contributed by atoms with Gasteiger partial charge in [-0.25, -0.2) is 4.79 Å². The monoisotopic (exact) mass is 338 g/mol. The fourth-order valence-corrected chi connectivity index (χ4v) is 2.18. The van der Waals surface area contributed by atoms with Crippen molar-refractivity contribution in [1.29, 1.82) is 0 Å². The Balaban J connectivity index is 4.45. The molecule has 0 aliphatic carbocycles. The summed E-state index contributed by atoms with van der Waals surface area (Å²) in [4.78, 5) is 24.0. The van der Waals surface area contributed by atoms with Crippen LogP contribution < -0.4 is 10.6 Å². The van der Waals surface area contributed by atoms with Gasteiger partial charge in [-0.1, -0.05) is 12.2 Å². The summed E-state index contributed by atoms with van der Waals surface area (Å²) in [7, 11) is 0. The average molecular weight is 338 g/mol. The van der Waals surface area contributed by atoms with Crippen LogP contribution >= 0.6 is 0 Å². The van der Waals surface area contributed by atoms with Crippen molar-refractivity contribution in [3.05, 3.63) is 25.3 Å². The van der Waals surface area contributed by atoms with Gasteiger partial charge in [-0.15, -0.1) is 13.2 Å². The lowest BCUT2D eigenvalue weighted by Gasteiger charge is -2.24. The summed E-state index contributed by atoms with van der Waals surface area (Å²) in [5.74, 6) is -0.192. The Kier molecular flexibility index (Phi) is 10.8. The van der Waals surface area contributed by atoms with E-state index in [0.29, 0.717) is 0 Å². The molecule has 0 saturated heterocycles. The predicted octanol–water partition coefficient (Wildman–Crippen LogP) is 4.10. The van der Waals surface area contributed by atoms with E-state index in [9.17, 15) is 9.59 Å². The molecule has 2 amide bonds. The smallest absolute Gasteiger partial charge is 0.408 e. The van der Waals surface area contributed by atoms with E-state index in [1.807, 2.05) is 12.2 Å². The van der Waals surface area contributed by atoms with Crippen molar-refractivity contribution in [2.24, 2.45) is 0 Å². The topological polar surface area (TPSA) is 67.4 Å². The number of unbranched alkanes of at least 4 members (excludes halogenated alkanes) is 2. The fourth-order valence-electron chi connectivity index (χ4n) is 2.18. The van der Waals surface area contributed by atoms with Crippen LogP contribution in [0.2, 0.25) is 0 Å². The number of carbonyl (C=O) groups is 2. The van der Waals surface area contributed by atoms with Gasteiger partial charge >= 0.3 is 6.09 Å². The lowest BCUT2D eigenvalue weighted by molar-refractivity contribution is -0.123. The van der Waals surface area contributed by atoms with Crippen molar-refractivity contribution < 1.29 is 14.3 Å². The Morgan fingerprint density at radius 2 is 1.54 bits per heavy atom. The minimum absolute atomic E-state index is 0.0975. The van der Waals surface area contributed by atoms with Crippen LogP contribution in [0.4, 0.5) is 4.79 Å². The van der Waals surface area contributed by atoms with Crippen molar-refractivity contribution in [3.8, 4) is 0 Å². The van der Waals surface area contributed by atoms with Crippen LogP contribution in [0, 0.1) is 0 Å². The van der Waals surface area contributed by atoms with Gasteiger partial charge in [0, 0.05) is 6.04 Å². The Morgan fingerprint density at radius 1 is 1.04 bits per heavy atom. The number of alkyl carbamates (subject to hydrolysis) is 1. The van der Waals surface area contributed by atoms with E-state index >= 15 is 0 Å². The van der Waals surface area contributed by atoms with Crippen LogP contribution in [-0.4, -0.2) is 29.7 Å². The van der Waals surface area contributed by atoms with E-state index in [1.54, 1.807) is 27.7 Å². The SMILES string of the molecule is C=CCCCC(CCCC=C)NC(=O)[C@H](C)NC(=O)OC(C)(C)C. The molecular formula is C19H34N2O3. The summed E-state index contributed by atoms with van der Waals surface area (Å²) in [6.45, 7) is 14.5. The van der Waals surface area contributed by atoms with Crippen LogP contribution in [0.15, 0.2) is 25.3 Å². The summed E-state index contributed by atoms with van der Waals surface area (Å²) in [6, 6.07) is -0.540. The summed E-state index contributed by atoms with van der Waals surface area (Å²) < 4.78 is 5.17. The van der Waals surface area contributed by atoms with Gasteiger partial charge in [0.05, 0.1) is 0 Å². The first-order chi connectivity index (χ1) is 11.2. The zero-order valence-corrected chi connectivity index (χ0v) is 15.7. The third-order valence-electron chi connectivity index (χ3n) is 3.39. The Morgan fingerprint density at radius 3 is 1.96 bits per heavy atom. The second-order valence-electron chi connectivity index (χ2n) is 7.01. The summed E-state index contributed by atoms with van der Waals surface area (Å²) in [6.07, 6.45) is 8.80. The minimum atomic E-state index is -0.638. The van der Waals surface area contributed by atoms with E-state index in [1.165, 1.54) is 0 Å². The molecular weight excluding hydrogens is 304 g/mol. The largest absolute Gasteiger partial charge is 0.444 e. The quantitative estimate of drug-likeness (QED) is 0.440. The molecule has 0 aromatic rings. The van der Waals surface area contributed by atoms with E-state index in [2.05, 4.69) is 23.8 Å². The number of hydrogen-bond donors (Lipinski definition) is 2. The molecule has 1 atom stereocenters. The first-order valence-corrected chi connectivity index (χ1v) is 8.71. The van der Waals surface area contributed by atoms with Gasteiger partial charge in [0.2, 0.25) is 5.91 Å². The molecule has 0 fully saturated rings. The van der Waals surface area contributed by atoms with Crippen molar-refractivity contribution >= 4 is 12.0 Å². The Bertz CT molecular complexity index is 399. The van der Waals surface area contributed by atoms with E-state index < -0.39 is 17.7 Å². The first kappa shape index (κ1) is 22.2. The van der Waals surface area contributed by atoms with Gasteiger partial charge < -0.3 is 15.4 Å². The predicted molar refractivity (Wildman–Crippen MR) is 98.9 cm³/mol. The molecule has 0 unspecified atom stereocenters. The number of allylic oxidation sites excluding steroid dienone is 2. The third kappa shape index (κ3) is 11.7. The highest BCUT2D eigenvalue weighted by Gasteiger charge is 2.22. The normalized spacial score (nSPS) is 12.4. The molecule has 0 aromatic carbocycles. The number of rotatable bonds is 11. The third-order valence-corrected chi connectivity index (χ3v) is 3.39. The molecule has 0 aromatic heterocycles. The van der Waals surface area contributed by atoms with Crippen LogP contribution in [0.25, 0.3) is 0 Å². The fraction of sp³-hybridized carbons (Fsp3) is 0.684. The molecule has 5 nitrogen and oxygen atoms in total. The molecule has 2 N–H and O–H groups in total. The molecule has 0 saturated carbocycles. The maximum absolute atomic E-state index is 12.3. The Labute approximate surface area is 146 Å². The molecule has 138 valence electrons. The van der Waals surface area contributed by atoms with E-state index in [0.717, 1.165) is 38.5 Å². The van der Waals surface area contributed by atoms with Crippen molar-refractivity contribution in [1.82, 2.24) is 10.6 Å². The van der Waals surface area contributed by atoms with Crippen LogP contribution in [0.5, 0.6) is 0 Å². The highest BCUT2D eigenvalue weighted by Crippen LogP contribution is 2.10. The summed E-state index contributed by atoms with van der Waals surface area (Å²) >= 11 is 0. The summed E-state index contributed by atoms with van der Waals surface area (Å²) in [5, 5.41) is 5.60. The van der Waals surface area contributed by atoms with E-state index in [4.69, 9.17) is 4.74 Å². The lowest BCUT2D eigenvalue weighted by atomic mass is 10.0. The highest BCUT2D eigenvalue weighted by molar-refractivity contribution is 5.85. The zero-order valence-electron chi connectivity index (χ0n) is 15.7. The number of amides is 2. The minimum Gasteiger partial charge on any atom is -0.444 e. The molecule has 24 heavy (non-hydrogen) atoms. The molecule has 0 spiro atoms. The standard InChI is InChI=1S/C19H34N2O3/c1-7-9-11-13-16(14-12-10-8-2)21-17(22)15(3)20-18(23)24-19(4,5)6/h7-8,15-16H,1-2,9-14H2,3-6H3,(H,20,23)(H,21,22)/t15-/m0/s1. The molecule has 0 bridgehead atoms. The van der Waals surface area contributed by atoms with Crippen molar-refractivity contribution in [3.63, 3.8) is 0 Å². The molecule has 0 aliphatic heterocycles.